The lowest BCUT2D eigenvalue weighted by atomic mass is 10.2. The van der Waals surface area contributed by atoms with Crippen LogP contribution in [0.25, 0.3) is 23.2 Å². The topological polar surface area (TPSA) is 60.4 Å². The Bertz CT molecular complexity index is 1140. The normalized spacial score (nSPS) is 12.6. The van der Waals surface area contributed by atoms with E-state index in [1.165, 1.54) is 15.9 Å². The van der Waals surface area contributed by atoms with Gasteiger partial charge in [0.15, 0.2) is 5.82 Å². The third-order valence-corrected chi connectivity index (χ3v) is 4.42. The monoisotopic (exact) mass is 335 g/mol. The van der Waals surface area contributed by atoms with E-state index in [2.05, 4.69) is 10.1 Å². The highest BCUT2D eigenvalue weighted by molar-refractivity contribution is 7.15. The Kier molecular flexibility index (Phi) is 3.59. The molecule has 6 heteroatoms. The molecule has 3 heterocycles. The summed E-state index contributed by atoms with van der Waals surface area (Å²) < 4.78 is 7.36. The predicted molar refractivity (Wildman–Crippen MR) is 94.7 cm³/mol. The fourth-order valence-electron chi connectivity index (χ4n) is 2.31. The molecule has 0 bridgehead atoms. The van der Waals surface area contributed by atoms with Crippen molar-refractivity contribution in [3.05, 3.63) is 80.3 Å². The molecule has 0 N–H and O–H groups in total. The summed E-state index contributed by atoms with van der Waals surface area (Å²) in [6, 6.07) is 13.6. The molecule has 0 aliphatic carbocycles. The number of nitrogens with zero attached hydrogens (tertiary/aromatic N) is 3. The Morgan fingerprint density at radius 1 is 1.12 bits per heavy atom. The second kappa shape index (κ2) is 5.90. The third kappa shape index (κ3) is 2.79. The maximum Gasteiger partial charge on any atom is 0.291 e. The van der Waals surface area contributed by atoms with Crippen molar-refractivity contribution < 1.29 is 4.42 Å². The molecule has 24 heavy (non-hydrogen) atoms. The molecule has 0 spiro atoms. The fraction of sp³-hybridized carbons (Fsp3) is 0.0556. The van der Waals surface area contributed by atoms with Gasteiger partial charge >= 0.3 is 0 Å². The highest BCUT2D eigenvalue weighted by Crippen LogP contribution is 2.09. The predicted octanol–water partition coefficient (Wildman–Crippen LogP) is 2.77. The van der Waals surface area contributed by atoms with Gasteiger partial charge in [-0.1, -0.05) is 47.7 Å². The van der Waals surface area contributed by atoms with E-state index in [0.717, 1.165) is 11.3 Å². The lowest BCUT2D eigenvalue weighted by Gasteiger charge is -1.88. The molecule has 4 rings (SSSR count). The number of benzene rings is 1. The zero-order valence-electron chi connectivity index (χ0n) is 12.8. The lowest BCUT2D eigenvalue weighted by Crippen LogP contribution is -2.23. The summed E-state index contributed by atoms with van der Waals surface area (Å²) in [4.78, 5) is 17.4. The van der Waals surface area contributed by atoms with Crippen LogP contribution in [0.2, 0.25) is 0 Å². The van der Waals surface area contributed by atoms with Crippen LogP contribution < -0.4 is 10.1 Å². The lowest BCUT2D eigenvalue weighted by molar-refractivity contribution is 0.525. The largest absolute Gasteiger partial charge is 0.462 e. The van der Waals surface area contributed by atoms with Gasteiger partial charge in [-0.15, -0.1) is 5.10 Å². The van der Waals surface area contributed by atoms with E-state index in [1.54, 1.807) is 12.2 Å². The van der Waals surface area contributed by atoms with Gasteiger partial charge in [-0.25, -0.2) is 0 Å². The van der Waals surface area contributed by atoms with Crippen LogP contribution in [0.5, 0.6) is 0 Å². The first-order valence-corrected chi connectivity index (χ1v) is 8.21. The van der Waals surface area contributed by atoms with Crippen molar-refractivity contribution in [1.82, 2.24) is 14.6 Å². The highest BCUT2D eigenvalue weighted by Gasteiger charge is 2.09. The van der Waals surface area contributed by atoms with E-state index in [1.807, 2.05) is 55.5 Å². The third-order valence-electron chi connectivity index (χ3n) is 3.46. The van der Waals surface area contributed by atoms with Crippen LogP contribution >= 0.6 is 11.3 Å². The molecule has 118 valence electrons. The number of aromatic nitrogens is 3. The van der Waals surface area contributed by atoms with Crippen LogP contribution in [0, 0.1) is 6.92 Å². The number of fused-ring (bicyclic) bond motifs is 1. The van der Waals surface area contributed by atoms with Crippen molar-refractivity contribution in [2.75, 3.05) is 0 Å². The summed E-state index contributed by atoms with van der Waals surface area (Å²) in [6.07, 6.45) is 5.44. The van der Waals surface area contributed by atoms with Gasteiger partial charge in [-0.3, -0.25) is 4.79 Å². The van der Waals surface area contributed by atoms with Crippen LogP contribution in [0.3, 0.4) is 0 Å². The number of thiazole rings is 1. The Labute approximate surface area is 141 Å². The number of furan rings is 1. The van der Waals surface area contributed by atoms with E-state index < -0.39 is 0 Å². The van der Waals surface area contributed by atoms with Gasteiger partial charge in [-0.2, -0.15) is 9.50 Å². The van der Waals surface area contributed by atoms with Gasteiger partial charge in [0.1, 0.15) is 16.1 Å². The SMILES string of the molecule is Cc1ccc(/C=c2\sc3nc(/C=C/c4ccccc4)nn3c2=O)o1. The van der Waals surface area contributed by atoms with E-state index >= 15 is 0 Å². The average Bonchev–Trinajstić information content (AvgIpc) is 3.25. The van der Waals surface area contributed by atoms with Crippen LogP contribution in [0.15, 0.2) is 51.7 Å². The van der Waals surface area contributed by atoms with E-state index in [0.29, 0.717) is 21.1 Å². The van der Waals surface area contributed by atoms with E-state index in [4.69, 9.17) is 4.42 Å². The molecule has 0 fully saturated rings. The molecule has 1 aromatic carbocycles. The van der Waals surface area contributed by atoms with Gasteiger partial charge in [0, 0.05) is 6.08 Å². The first-order chi connectivity index (χ1) is 11.7. The molecule has 0 saturated carbocycles. The molecular weight excluding hydrogens is 322 g/mol. The smallest absolute Gasteiger partial charge is 0.291 e. The molecular formula is C18H13N3O2S. The Morgan fingerprint density at radius 3 is 2.67 bits per heavy atom. The van der Waals surface area contributed by atoms with E-state index in [-0.39, 0.29) is 5.56 Å². The number of hydrogen-bond donors (Lipinski definition) is 0. The number of aryl methyl sites for hydroxylation is 1. The number of hydrogen-bond acceptors (Lipinski definition) is 5. The van der Waals surface area contributed by atoms with Crippen LogP contribution in [-0.4, -0.2) is 14.6 Å². The molecule has 0 aliphatic rings. The second-order valence-corrected chi connectivity index (χ2v) is 6.28. The zero-order chi connectivity index (χ0) is 16.5. The molecule has 0 radical (unpaired) electrons. The van der Waals surface area contributed by atoms with Crippen molar-refractivity contribution in [3.8, 4) is 0 Å². The van der Waals surface area contributed by atoms with Gasteiger partial charge in [0.2, 0.25) is 4.96 Å². The molecule has 0 saturated heterocycles. The summed E-state index contributed by atoms with van der Waals surface area (Å²) in [7, 11) is 0. The quantitative estimate of drug-likeness (QED) is 0.578. The Balaban J connectivity index is 1.70. The Morgan fingerprint density at radius 2 is 1.96 bits per heavy atom. The molecule has 5 nitrogen and oxygen atoms in total. The van der Waals surface area contributed by atoms with Crippen molar-refractivity contribution in [3.63, 3.8) is 0 Å². The van der Waals surface area contributed by atoms with Crippen molar-refractivity contribution in [2.45, 2.75) is 6.92 Å². The zero-order valence-corrected chi connectivity index (χ0v) is 13.7. The van der Waals surface area contributed by atoms with Gasteiger partial charge < -0.3 is 4.42 Å². The summed E-state index contributed by atoms with van der Waals surface area (Å²) in [5, 5.41) is 4.26. The summed E-state index contributed by atoms with van der Waals surface area (Å²) in [5.74, 6) is 1.97. The first-order valence-electron chi connectivity index (χ1n) is 7.40. The summed E-state index contributed by atoms with van der Waals surface area (Å²) in [5.41, 5.74) is 0.871. The van der Waals surface area contributed by atoms with Gasteiger partial charge in [-0.05, 0) is 30.7 Å². The molecule has 4 aromatic rings. The Hall–Kier alpha value is -2.99. The average molecular weight is 335 g/mol. The maximum atomic E-state index is 12.4. The molecule has 0 aliphatic heterocycles. The van der Waals surface area contributed by atoms with Crippen LogP contribution in [0.4, 0.5) is 0 Å². The molecule has 0 unspecified atom stereocenters. The fourth-order valence-corrected chi connectivity index (χ4v) is 3.21. The summed E-state index contributed by atoms with van der Waals surface area (Å²) >= 11 is 1.30. The summed E-state index contributed by atoms with van der Waals surface area (Å²) in [6.45, 7) is 1.86. The van der Waals surface area contributed by atoms with Crippen LogP contribution in [0.1, 0.15) is 22.9 Å². The highest BCUT2D eigenvalue weighted by atomic mass is 32.1. The standard InChI is InChI=1S/C18H13N3O2S/c1-12-7-9-14(23-12)11-15-17(22)21-18(24-15)19-16(20-21)10-8-13-5-3-2-4-6-13/h2-11H,1H3/b10-8+,15-11-. The number of rotatable bonds is 3. The van der Waals surface area contributed by atoms with Crippen molar-refractivity contribution >= 4 is 34.5 Å². The van der Waals surface area contributed by atoms with Crippen LogP contribution in [-0.2, 0) is 0 Å². The first kappa shape index (κ1) is 14.6. The minimum absolute atomic E-state index is 0.184. The minimum Gasteiger partial charge on any atom is -0.462 e. The van der Waals surface area contributed by atoms with Crippen molar-refractivity contribution in [1.29, 1.82) is 0 Å². The maximum absolute atomic E-state index is 12.4. The minimum atomic E-state index is -0.184. The molecule has 3 aromatic heterocycles. The second-order valence-electron chi connectivity index (χ2n) is 5.27. The van der Waals surface area contributed by atoms with Gasteiger partial charge in [0.25, 0.3) is 5.56 Å². The molecule has 0 atom stereocenters. The van der Waals surface area contributed by atoms with E-state index in [9.17, 15) is 4.79 Å². The van der Waals surface area contributed by atoms with Gasteiger partial charge in [0.05, 0.1) is 0 Å². The van der Waals surface area contributed by atoms with Crippen molar-refractivity contribution in [2.24, 2.45) is 0 Å². The molecule has 0 amide bonds.